The maximum Gasteiger partial charge on any atom is 0.435 e. The van der Waals surface area contributed by atoms with Crippen LogP contribution in [0.15, 0.2) is 36.5 Å². The number of rotatable bonds is 3. The molecule has 1 unspecified atom stereocenters. The second kappa shape index (κ2) is 8.73. The summed E-state index contributed by atoms with van der Waals surface area (Å²) in [5.41, 5.74) is -0.0654. The molecule has 2 aliphatic rings. The zero-order chi connectivity index (χ0) is 19.7. The van der Waals surface area contributed by atoms with Gasteiger partial charge in [0.15, 0.2) is 5.69 Å². The van der Waals surface area contributed by atoms with E-state index in [4.69, 9.17) is 0 Å². The quantitative estimate of drug-likeness (QED) is 0.814. The summed E-state index contributed by atoms with van der Waals surface area (Å²) in [6.07, 6.45) is -2.30. The fourth-order valence-corrected chi connectivity index (χ4v) is 3.85. The number of hydrogen-bond donors (Lipinski definition) is 1. The molecule has 4 rings (SSSR count). The minimum atomic E-state index is -4.49. The lowest BCUT2D eigenvalue weighted by Gasteiger charge is -2.32. The van der Waals surface area contributed by atoms with Gasteiger partial charge in [-0.15, -0.1) is 12.4 Å². The Balaban J connectivity index is 0.00000240. The maximum atomic E-state index is 12.9. The third kappa shape index (κ3) is 4.73. The van der Waals surface area contributed by atoms with Crippen molar-refractivity contribution in [3.05, 3.63) is 47.8 Å². The third-order valence-corrected chi connectivity index (χ3v) is 5.36. The first-order valence-corrected chi connectivity index (χ1v) is 9.39. The van der Waals surface area contributed by atoms with Crippen LogP contribution in [0.3, 0.4) is 0 Å². The van der Waals surface area contributed by atoms with Crippen LogP contribution < -0.4 is 5.32 Å². The number of amides is 1. The topological polar surface area (TPSA) is 53.4 Å². The average Bonchev–Trinajstić information content (AvgIpc) is 3.38. The number of alkyl halides is 3. The van der Waals surface area contributed by atoms with Crippen LogP contribution in [0.1, 0.15) is 22.5 Å². The van der Waals surface area contributed by atoms with E-state index in [-0.39, 0.29) is 18.3 Å². The molecular formula is C19H23ClF3N5O. The van der Waals surface area contributed by atoms with Crippen LogP contribution in [-0.2, 0) is 6.18 Å². The lowest BCUT2D eigenvalue weighted by atomic mass is 10.1. The summed E-state index contributed by atoms with van der Waals surface area (Å²) < 4.78 is 39.5. The normalized spacial score (nSPS) is 20.5. The first-order chi connectivity index (χ1) is 13.4. The first kappa shape index (κ1) is 21.6. The molecule has 2 saturated heterocycles. The van der Waals surface area contributed by atoms with Gasteiger partial charge in [0.25, 0.3) is 5.91 Å². The molecule has 2 aromatic rings. The summed E-state index contributed by atoms with van der Waals surface area (Å²) in [5, 5.41) is 6.91. The second-order valence-electron chi connectivity index (χ2n) is 7.17. The molecule has 2 aliphatic heterocycles. The Morgan fingerprint density at radius 1 is 1.14 bits per heavy atom. The van der Waals surface area contributed by atoms with Crippen molar-refractivity contribution >= 4 is 18.3 Å². The van der Waals surface area contributed by atoms with E-state index >= 15 is 0 Å². The second-order valence-corrected chi connectivity index (χ2v) is 7.17. The summed E-state index contributed by atoms with van der Waals surface area (Å²) in [4.78, 5) is 17.2. The van der Waals surface area contributed by atoms with Crippen molar-refractivity contribution in [1.82, 2.24) is 24.9 Å². The summed E-state index contributed by atoms with van der Waals surface area (Å²) in [6.45, 7) is 5.29. The molecular weight excluding hydrogens is 407 g/mol. The van der Waals surface area contributed by atoms with E-state index in [0.29, 0.717) is 30.4 Å². The molecule has 158 valence electrons. The Morgan fingerprint density at radius 3 is 2.59 bits per heavy atom. The number of nitrogens with one attached hydrogen (secondary N) is 1. The molecule has 2 fully saturated rings. The number of likely N-dealkylation sites (tertiary alicyclic amines) is 1. The van der Waals surface area contributed by atoms with E-state index in [1.165, 1.54) is 6.20 Å². The predicted molar refractivity (Wildman–Crippen MR) is 105 cm³/mol. The van der Waals surface area contributed by atoms with Gasteiger partial charge >= 0.3 is 6.18 Å². The van der Waals surface area contributed by atoms with Crippen molar-refractivity contribution in [2.45, 2.75) is 18.6 Å². The molecule has 0 radical (unpaired) electrons. The number of benzene rings is 1. The average molecular weight is 430 g/mol. The van der Waals surface area contributed by atoms with Crippen LogP contribution >= 0.6 is 12.4 Å². The molecule has 29 heavy (non-hydrogen) atoms. The standard InChI is InChI=1S/C19H22F3N5O.ClH/c20-19(21,22)17-5-9-27(24-17)15-3-1-2-14(12-15)18(28)26-8-4-16(13-26)25-10-6-23-7-11-25;/h1-3,5,9,12,16,23H,4,6-8,10-11,13H2;1H. The fraction of sp³-hybridized carbons (Fsp3) is 0.474. The van der Waals surface area contributed by atoms with Gasteiger partial charge < -0.3 is 10.2 Å². The highest BCUT2D eigenvalue weighted by atomic mass is 35.5. The highest BCUT2D eigenvalue weighted by Gasteiger charge is 2.34. The molecule has 0 aliphatic carbocycles. The molecule has 0 bridgehead atoms. The lowest BCUT2D eigenvalue weighted by Crippen LogP contribution is -2.49. The Morgan fingerprint density at radius 2 is 1.90 bits per heavy atom. The molecule has 0 saturated carbocycles. The molecule has 1 aromatic carbocycles. The molecule has 1 aromatic heterocycles. The summed E-state index contributed by atoms with van der Waals surface area (Å²) >= 11 is 0. The van der Waals surface area contributed by atoms with E-state index in [2.05, 4.69) is 15.3 Å². The van der Waals surface area contributed by atoms with E-state index in [9.17, 15) is 18.0 Å². The summed E-state index contributed by atoms with van der Waals surface area (Å²) in [7, 11) is 0. The zero-order valence-electron chi connectivity index (χ0n) is 15.7. The van der Waals surface area contributed by atoms with E-state index in [1.54, 1.807) is 24.3 Å². The van der Waals surface area contributed by atoms with Crippen molar-refractivity contribution in [2.75, 3.05) is 39.3 Å². The van der Waals surface area contributed by atoms with Crippen LogP contribution in [0.25, 0.3) is 5.69 Å². The number of hydrogen-bond acceptors (Lipinski definition) is 4. The van der Waals surface area contributed by atoms with E-state index in [1.807, 2.05) is 4.90 Å². The Labute approximate surface area is 173 Å². The minimum Gasteiger partial charge on any atom is -0.337 e. The minimum absolute atomic E-state index is 0. The zero-order valence-corrected chi connectivity index (χ0v) is 16.5. The van der Waals surface area contributed by atoms with Gasteiger partial charge in [-0.2, -0.15) is 18.3 Å². The third-order valence-electron chi connectivity index (χ3n) is 5.36. The van der Waals surface area contributed by atoms with Crippen molar-refractivity contribution in [3.63, 3.8) is 0 Å². The lowest BCUT2D eigenvalue weighted by molar-refractivity contribution is -0.141. The van der Waals surface area contributed by atoms with E-state index < -0.39 is 11.9 Å². The van der Waals surface area contributed by atoms with Gasteiger partial charge in [0.1, 0.15) is 0 Å². The smallest absolute Gasteiger partial charge is 0.337 e. The van der Waals surface area contributed by atoms with Crippen LogP contribution in [0.2, 0.25) is 0 Å². The number of halogens is 4. The van der Waals surface area contributed by atoms with E-state index in [0.717, 1.165) is 43.3 Å². The van der Waals surface area contributed by atoms with Gasteiger partial charge in [-0.1, -0.05) is 6.07 Å². The largest absolute Gasteiger partial charge is 0.435 e. The molecule has 1 N–H and O–H groups in total. The number of aromatic nitrogens is 2. The van der Waals surface area contributed by atoms with Gasteiger partial charge in [-0.3, -0.25) is 9.69 Å². The highest BCUT2D eigenvalue weighted by Crippen LogP contribution is 2.28. The Kier molecular flexibility index (Phi) is 6.50. The van der Waals surface area contributed by atoms with Crippen LogP contribution in [-0.4, -0.2) is 70.8 Å². The molecule has 10 heteroatoms. The first-order valence-electron chi connectivity index (χ1n) is 9.39. The molecule has 6 nitrogen and oxygen atoms in total. The van der Waals surface area contributed by atoms with Crippen molar-refractivity contribution in [1.29, 1.82) is 0 Å². The Bertz CT molecular complexity index is 850. The molecule has 0 spiro atoms. The number of carbonyl (C=O) groups is 1. The number of carbonyl (C=O) groups excluding carboxylic acids is 1. The monoisotopic (exact) mass is 429 g/mol. The van der Waals surface area contributed by atoms with Gasteiger partial charge in [0.2, 0.25) is 0 Å². The molecule has 1 atom stereocenters. The number of piperazine rings is 1. The van der Waals surface area contributed by atoms with Gasteiger partial charge in [0.05, 0.1) is 5.69 Å². The van der Waals surface area contributed by atoms with Crippen molar-refractivity contribution < 1.29 is 18.0 Å². The SMILES string of the molecule is Cl.O=C(c1cccc(-n2ccc(C(F)(F)F)n2)c1)N1CCC(N2CCNCC2)C1. The maximum absolute atomic E-state index is 12.9. The van der Waals surface area contributed by atoms with Crippen molar-refractivity contribution in [3.8, 4) is 5.69 Å². The highest BCUT2D eigenvalue weighted by molar-refractivity contribution is 5.95. The van der Waals surface area contributed by atoms with Gasteiger partial charge in [0, 0.05) is 57.1 Å². The van der Waals surface area contributed by atoms with Crippen molar-refractivity contribution in [2.24, 2.45) is 0 Å². The van der Waals surface area contributed by atoms with Crippen LogP contribution in [0, 0.1) is 0 Å². The van der Waals surface area contributed by atoms with Gasteiger partial charge in [-0.25, -0.2) is 4.68 Å². The fourth-order valence-electron chi connectivity index (χ4n) is 3.85. The predicted octanol–water partition coefficient (Wildman–Crippen LogP) is 2.43. The van der Waals surface area contributed by atoms with Crippen LogP contribution in [0.4, 0.5) is 13.2 Å². The molecule has 3 heterocycles. The molecule has 1 amide bonds. The van der Waals surface area contributed by atoms with Gasteiger partial charge in [-0.05, 0) is 30.7 Å². The van der Waals surface area contributed by atoms with Crippen LogP contribution in [0.5, 0.6) is 0 Å². The summed E-state index contributed by atoms with van der Waals surface area (Å²) in [6, 6.07) is 7.88. The summed E-state index contributed by atoms with van der Waals surface area (Å²) in [5.74, 6) is -0.0947. The number of nitrogens with zero attached hydrogens (tertiary/aromatic N) is 4. The Hall–Kier alpha value is -2.10.